The monoisotopic (exact) mass is 410 g/mol. The van der Waals surface area contributed by atoms with Gasteiger partial charge in [-0.05, 0) is 51.4 Å². The first kappa shape index (κ1) is 22.5. The predicted octanol–water partition coefficient (Wildman–Crippen LogP) is 2.70. The Bertz CT molecular complexity index is 693. The van der Waals surface area contributed by atoms with E-state index in [0.29, 0.717) is 12.1 Å². The fourth-order valence-corrected chi connectivity index (χ4v) is 4.00. The van der Waals surface area contributed by atoms with E-state index in [1.165, 1.54) is 64.2 Å². The maximum absolute atomic E-state index is 11.1. The first-order valence-corrected chi connectivity index (χ1v) is 9.92. The van der Waals surface area contributed by atoms with E-state index in [0.717, 1.165) is 12.1 Å². The Hall–Kier alpha value is -2.82. The fraction of sp³-hybridized carbons (Fsp3) is 0.667. The van der Waals surface area contributed by atoms with E-state index < -0.39 is 37.6 Å². The molecule has 2 fully saturated rings. The summed E-state index contributed by atoms with van der Waals surface area (Å²) in [6, 6.07) is 2.76. The van der Waals surface area contributed by atoms with E-state index in [1.54, 1.807) is 0 Å². The summed E-state index contributed by atoms with van der Waals surface area (Å²) < 4.78 is 0. The van der Waals surface area contributed by atoms with Gasteiger partial charge in [0.25, 0.3) is 17.1 Å². The quantitative estimate of drug-likeness (QED) is 0.574. The number of quaternary nitrogens is 1. The molecule has 11 heteroatoms. The molecular weight excluding hydrogens is 384 g/mol. The van der Waals surface area contributed by atoms with Crippen LogP contribution < -0.4 is 10.4 Å². The highest BCUT2D eigenvalue weighted by Crippen LogP contribution is 2.36. The molecule has 29 heavy (non-hydrogen) atoms. The number of nitrogens with zero attached hydrogens (tertiary/aromatic N) is 3. The predicted molar refractivity (Wildman–Crippen MR) is 102 cm³/mol. The molecule has 2 saturated carbocycles. The number of nitrogens with two attached hydrogens (primary N) is 1. The third-order valence-electron chi connectivity index (χ3n) is 5.48. The van der Waals surface area contributed by atoms with Gasteiger partial charge >= 0.3 is 0 Å². The van der Waals surface area contributed by atoms with Gasteiger partial charge in [-0.3, -0.25) is 30.3 Å². The van der Waals surface area contributed by atoms with Crippen LogP contribution in [0.4, 0.5) is 17.1 Å². The van der Waals surface area contributed by atoms with Gasteiger partial charge in [-0.2, -0.15) is 0 Å². The minimum Gasteiger partial charge on any atom is -0.863 e. The van der Waals surface area contributed by atoms with Gasteiger partial charge in [0.05, 0.1) is 44.7 Å². The second kappa shape index (κ2) is 10.6. The zero-order chi connectivity index (χ0) is 21.4. The highest BCUT2D eigenvalue weighted by atomic mass is 16.6. The smallest absolute Gasteiger partial charge is 0.283 e. The molecular formula is C18H26N4O7. The molecule has 2 N–H and O–H groups in total. The van der Waals surface area contributed by atoms with Crippen molar-refractivity contribution in [3.63, 3.8) is 0 Å². The summed E-state index contributed by atoms with van der Waals surface area (Å²) >= 11 is 0. The summed E-state index contributed by atoms with van der Waals surface area (Å²) in [4.78, 5) is 27.5. The molecule has 11 nitrogen and oxygen atoms in total. The average molecular weight is 410 g/mol. The molecule has 2 aliphatic rings. The van der Waals surface area contributed by atoms with Crippen molar-refractivity contribution in [1.82, 2.24) is 0 Å². The Morgan fingerprint density at radius 1 is 0.690 bits per heavy atom. The standard InChI is InChI=1S/C12H23N.C6H3N3O7/c1-3-7-11(8-4-1)13-12-9-5-2-6-10-12;10-6-4(8(13)14)1-3(7(11)12)2-5(6)9(15)16/h11-13H,1-10H2;1-2,10H. The summed E-state index contributed by atoms with van der Waals surface area (Å²) in [7, 11) is 0. The summed E-state index contributed by atoms with van der Waals surface area (Å²) in [5, 5.41) is 44.8. The first-order chi connectivity index (χ1) is 13.8. The molecule has 3 rings (SSSR count). The van der Waals surface area contributed by atoms with Crippen molar-refractivity contribution in [2.75, 3.05) is 0 Å². The van der Waals surface area contributed by atoms with E-state index in [2.05, 4.69) is 5.32 Å². The van der Waals surface area contributed by atoms with Gasteiger partial charge in [-0.25, -0.2) is 0 Å². The highest BCUT2D eigenvalue weighted by Gasteiger charge is 2.25. The van der Waals surface area contributed by atoms with Gasteiger partial charge in [-0.1, -0.05) is 12.8 Å². The topological polar surface area (TPSA) is 169 Å². The number of hydrogen-bond acceptors (Lipinski definition) is 7. The summed E-state index contributed by atoms with van der Waals surface area (Å²) in [6.07, 6.45) is 15.0. The van der Waals surface area contributed by atoms with E-state index in [-0.39, 0.29) is 0 Å². The lowest BCUT2D eigenvalue weighted by Crippen LogP contribution is -2.95. The van der Waals surface area contributed by atoms with Gasteiger partial charge < -0.3 is 10.4 Å². The van der Waals surface area contributed by atoms with Crippen LogP contribution in [0.1, 0.15) is 64.2 Å². The number of benzene rings is 1. The van der Waals surface area contributed by atoms with Crippen LogP contribution in [-0.2, 0) is 0 Å². The van der Waals surface area contributed by atoms with Gasteiger partial charge in [0.2, 0.25) is 0 Å². The lowest BCUT2D eigenvalue weighted by atomic mass is 9.91. The van der Waals surface area contributed by atoms with Crippen LogP contribution in [0.25, 0.3) is 0 Å². The van der Waals surface area contributed by atoms with Crippen LogP contribution in [-0.4, -0.2) is 26.9 Å². The summed E-state index contributed by atoms with van der Waals surface area (Å²) in [5.41, 5.74) is -3.26. The summed E-state index contributed by atoms with van der Waals surface area (Å²) in [5.74, 6) is -1.46. The van der Waals surface area contributed by atoms with Crippen molar-refractivity contribution in [2.45, 2.75) is 76.3 Å². The third-order valence-corrected chi connectivity index (χ3v) is 5.48. The maximum Gasteiger partial charge on any atom is 0.283 e. The molecule has 0 amide bonds. The summed E-state index contributed by atoms with van der Waals surface area (Å²) in [6.45, 7) is 0. The van der Waals surface area contributed by atoms with Crippen LogP contribution >= 0.6 is 0 Å². The average Bonchev–Trinajstić information content (AvgIpc) is 2.69. The normalized spacial score (nSPS) is 17.8. The number of rotatable bonds is 5. The molecule has 2 aliphatic carbocycles. The Morgan fingerprint density at radius 3 is 1.38 bits per heavy atom. The van der Waals surface area contributed by atoms with Crippen molar-refractivity contribution in [3.05, 3.63) is 42.5 Å². The van der Waals surface area contributed by atoms with Crippen LogP contribution in [0.15, 0.2) is 12.1 Å². The second-order valence-corrected chi connectivity index (χ2v) is 7.57. The molecule has 1 aromatic carbocycles. The molecule has 1 aromatic rings. The van der Waals surface area contributed by atoms with E-state index in [4.69, 9.17) is 0 Å². The van der Waals surface area contributed by atoms with Crippen LogP contribution in [0.5, 0.6) is 5.75 Å². The molecule has 160 valence electrons. The Morgan fingerprint density at radius 2 is 1.07 bits per heavy atom. The van der Waals surface area contributed by atoms with E-state index in [1.807, 2.05) is 0 Å². The van der Waals surface area contributed by atoms with Gasteiger partial charge in [-0.15, -0.1) is 0 Å². The molecule has 0 atom stereocenters. The number of non-ortho nitro benzene ring substituents is 1. The molecule has 0 aromatic heterocycles. The third kappa shape index (κ3) is 6.63. The van der Waals surface area contributed by atoms with Crippen LogP contribution in [0, 0.1) is 30.3 Å². The van der Waals surface area contributed by atoms with Crippen molar-refractivity contribution in [1.29, 1.82) is 0 Å². The van der Waals surface area contributed by atoms with Gasteiger partial charge in [0, 0.05) is 0 Å². The van der Waals surface area contributed by atoms with Crippen molar-refractivity contribution in [3.8, 4) is 5.75 Å². The van der Waals surface area contributed by atoms with E-state index >= 15 is 0 Å². The number of nitro benzene ring substituents is 3. The maximum atomic E-state index is 11.1. The SMILES string of the molecule is C1CCC([NH2+]C2CCCCC2)CC1.O=[N+]([O-])c1cc([N+](=O)[O-])c([O-])c([N+](=O)[O-])c1. The van der Waals surface area contributed by atoms with Crippen LogP contribution in [0.3, 0.4) is 0 Å². The molecule has 0 saturated heterocycles. The lowest BCUT2D eigenvalue weighted by Gasteiger charge is -2.27. The number of hydrogen-bond donors (Lipinski definition) is 1. The molecule has 0 spiro atoms. The largest absolute Gasteiger partial charge is 0.863 e. The number of nitro groups is 3. The Labute approximate surface area is 167 Å². The molecule has 0 radical (unpaired) electrons. The lowest BCUT2D eigenvalue weighted by molar-refractivity contribution is -0.725. The minimum absolute atomic E-state index is 0.384. The van der Waals surface area contributed by atoms with E-state index in [9.17, 15) is 35.4 Å². The van der Waals surface area contributed by atoms with Crippen molar-refractivity contribution < 1.29 is 25.2 Å². The zero-order valence-electron chi connectivity index (χ0n) is 16.2. The molecule has 0 bridgehead atoms. The van der Waals surface area contributed by atoms with Crippen molar-refractivity contribution >= 4 is 17.1 Å². The molecule has 0 heterocycles. The minimum atomic E-state index is -1.46. The second-order valence-electron chi connectivity index (χ2n) is 7.57. The Kier molecular flexibility index (Phi) is 8.25. The van der Waals surface area contributed by atoms with Crippen molar-refractivity contribution in [2.24, 2.45) is 0 Å². The Balaban J connectivity index is 0.000000211. The molecule has 0 unspecified atom stereocenters. The molecule has 0 aliphatic heterocycles. The van der Waals surface area contributed by atoms with Gasteiger partial charge in [0.1, 0.15) is 0 Å². The zero-order valence-corrected chi connectivity index (χ0v) is 16.2. The van der Waals surface area contributed by atoms with Crippen LogP contribution in [0.2, 0.25) is 0 Å². The fourth-order valence-electron chi connectivity index (χ4n) is 4.00. The first-order valence-electron chi connectivity index (χ1n) is 9.92. The van der Waals surface area contributed by atoms with Gasteiger partial charge in [0.15, 0.2) is 0 Å². The highest BCUT2D eigenvalue weighted by molar-refractivity contribution is 5.63.